The van der Waals surface area contributed by atoms with Crippen LogP contribution in [0.5, 0.6) is 0 Å². The molecular weight excluding hydrogens is 266 g/mol. The Hall–Kier alpha value is -1.10. The highest BCUT2D eigenvalue weighted by molar-refractivity contribution is 5.80. The summed E-state index contributed by atoms with van der Waals surface area (Å²) in [4.78, 5) is 30.6. The molecule has 0 unspecified atom stereocenters. The van der Waals surface area contributed by atoms with Gasteiger partial charge in [0, 0.05) is 45.2 Å². The van der Waals surface area contributed by atoms with Crippen molar-refractivity contribution in [2.75, 3.05) is 45.8 Å². The lowest BCUT2D eigenvalue weighted by atomic mass is 9.88. The van der Waals surface area contributed by atoms with Crippen LogP contribution in [0.1, 0.15) is 38.5 Å². The quantitative estimate of drug-likeness (QED) is 0.778. The van der Waals surface area contributed by atoms with Crippen LogP contribution in [0, 0.1) is 5.92 Å². The van der Waals surface area contributed by atoms with Gasteiger partial charge in [-0.3, -0.25) is 14.5 Å². The summed E-state index contributed by atoms with van der Waals surface area (Å²) in [6, 6.07) is 0. The minimum Gasteiger partial charge on any atom is -0.341 e. The zero-order chi connectivity index (χ0) is 14.7. The highest BCUT2D eigenvalue weighted by Crippen LogP contribution is 2.25. The Morgan fingerprint density at radius 1 is 0.762 bits per heavy atom. The normalized spacial score (nSPS) is 24.8. The van der Waals surface area contributed by atoms with Crippen LogP contribution in [-0.2, 0) is 9.59 Å². The molecule has 2 amide bonds. The maximum atomic E-state index is 12.5. The Bertz CT molecular complexity index is 381. The van der Waals surface area contributed by atoms with Crippen LogP contribution >= 0.6 is 0 Å². The molecule has 0 atom stereocenters. The van der Waals surface area contributed by atoms with Crippen LogP contribution < -0.4 is 0 Å². The van der Waals surface area contributed by atoms with Crippen LogP contribution in [0.4, 0.5) is 0 Å². The SMILES string of the molecule is O=C(CN1CCN(C(=O)C2CCCCC2)CC1)N1CCC1. The van der Waals surface area contributed by atoms with E-state index in [9.17, 15) is 9.59 Å². The summed E-state index contributed by atoms with van der Waals surface area (Å²) in [7, 11) is 0. The number of nitrogens with zero attached hydrogens (tertiary/aromatic N) is 3. The molecule has 0 aromatic heterocycles. The van der Waals surface area contributed by atoms with Crippen molar-refractivity contribution in [2.24, 2.45) is 5.92 Å². The molecule has 1 saturated carbocycles. The standard InChI is InChI=1S/C16H27N3O2/c20-15(18-7-4-8-18)13-17-9-11-19(12-10-17)16(21)14-5-2-1-3-6-14/h14H,1-13H2. The van der Waals surface area contributed by atoms with Crippen molar-refractivity contribution in [1.82, 2.24) is 14.7 Å². The van der Waals surface area contributed by atoms with E-state index < -0.39 is 0 Å². The number of piperazine rings is 1. The summed E-state index contributed by atoms with van der Waals surface area (Å²) < 4.78 is 0. The first-order chi connectivity index (χ1) is 10.2. The monoisotopic (exact) mass is 293 g/mol. The lowest BCUT2D eigenvalue weighted by Crippen LogP contribution is -2.54. The average Bonchev–Trinajstić information content (AvgIpc) is 2.46. The minimum atomic E-state index is 0.258. The Kier molecular flexibility index (Phi) is 4.78. The summed E-state index contributed by atoms with van der Waals surface area (Å²) >= 11 is 0. The van der Waals surface area contributed by atoms with Gasteiger partial charge in [-0.2, -0.15) is 0 Å². The Morgan fingerprint density at radius 2 is 1.43 bits per heavy atom. The number of hydrogen-bond donors (Lipinski definition) is 0. The molecule has 5 heteroatoms. The van der Waals surface area contributed by atoms with Gasteiger partial charge in [0.15, 0.2) is 0 Å². The Balaban J connectivity index is 1.41. The number of carbonyl (C=O) groups is 2. The maximum Gasteiger partial charge on any atom is 0.236 e. The van der Waals surface area contributed by atoms with Gasteiger partial charge in [-0.1, -0.05) is 19.3 Å². The number of carbonyl (C=O) groups excluding carboxylic acids is 2. The molecule has 1 aliphatic carbocycles. The van der Waals surface area contributed by atoms with Gasteiger partial charge in [-0.25, -0.2) is 0 Å². The molecule has 3 rings (SSSR count). The van der Waals surface area contributed by atoms with Crippen molar-refractivity contribution < 1.29 is 9.59 Å². The highest BCUT2D eigenvalue weighted by atomic mass is 16.2. The van der Waals surface area contributed by atoms with Crippen LogP contribution in [0.2, 0.25) is 0 Å². The van der Waals surface area contributed by atoms with E-state index in [1.54, 1.807) is 0 Å². The van der Waals surface area contributed by atoms with E-state index in [4.69, 9.17) is 0 Å². The fourth-order valence-corrected chi connectivity index (χ4v) is 3.59. The number of hydrogen-bond acceptors (Lipinski definition) is 3. The molecule has 0 spiro atoms. The van der Waals surface area contributed by atoms with Crippen molar-refractivity contribution in [1.29, 1.82) is 0 Å². The lowest BCUT2D eigenvalue weighted by molar-refractivity contribution is -0.139. The zero-order valence-electron chi connectivity index (χ0n) is 12.9. The van der Waals surface area contributed by atoms with Gasteiger partial charge in [-0.05, 0) is 19.3 Å². The van der Waals surface area contributed by atoms with Crippen LogP contribution in [0.3, 0.4) is 0 Å². The Morgan fingerprint density at radius 3 is 2.00 bits per heavy atom. The molecule has 5 nitrogen and oxygen atoms in total. The van der Waals surface area contributed by atoms with Crippen LogP contribution in [0.15, 0.2) is 0 Å². The molecule has 21 heavy (non-hydrogen) atoms. The molecule has 0 N–H and O–H groups in total. The number of amides is 2. The van der Waals surface area contributed by atoms with E-state index in [1.807, 2.05) is 9.80 Å². The summed E-state index contributed by atoms with van der Waals surface area (Å²) in [5.41, 5.74) is 0. The molecular formula is C16H27N3O2. The van der Waals surface area contributed by atoms with Gasteiger partial charge in [0.2, 0.25) is 11.8 Å². The van der Waals surface area contributed by atoms with E-state index in [0.717, 1.165) is 58.5 Å². The van der Waals surface area contributed by atoms with Crippen molar-refractivity contribution in [3.05, 3.63) is 0 Å². The first-order valence-corrected chi connectivity index (χ1v) is 8.53. The number of likely N-dealkylation sites (tertiary alicyclic amines) is 1. The van der Waals surface area contributed by atoms with Crippen molar-refractivity contribution >= 4 is 11.8 Å². The predicted molar refractivity (Wildman–Crippen MR) is 80.8 cm³/mol. The highest BCUT2D eigenvalue weighted by Gasteiger charge is 2.29. The van der Waals surface area contributed by atoms with Gasteiger partial charge in [0.1, 0.15) is 0 Å². The second kappa shape index (κ2) is 6.77. The topological polar surface area (TPSA) is 43.9 Å². The smallest absolute Gasteiger partial charge is 0.236 e. The van der Waals surface area contributed by atoms with E-state index in [-0.39, 0.29) is 11.8 Å². The molecule has 2 aliphatic heterocycles. The van der Waals surface area contributed by atoms with Crippen molar-refractivity contribution in [3.8, 4) is 0 Å². The molecule has 2 saturated heterocycles. The van der Waals surface area contributed by atoms with Crippen molar-refractivity contribution in [3.63, 3.8) is 0 Å². The third kappa shape index (κ3) is 3.57. The Labute approximate surface area is 127 Å². The second-order valence-electron chi connectivity index (χ2n) is 6.67. The lowest BCUT2D eigenvalue weighted by Gasteiger charge is -2.38. The van der Waals surface area contributed by atoms with Gasteiger partial charge in [-0.15, -0.1) is 0 Å². The maximum absolute atomic E-state index is 12.5. The summed E-state index contributed by atoms with van der Waals surface area (Å²) in [5, 5.41) is 0. The molecule has 0 bridgehead atoms. The molecule has 118 valence electrons. The van der Waals surface area contributed by atoms with Gasteiger partial charge in [0.05, 0.1) is 6.54 Å². The van der Waals surface area contributed by atoms with E-state index in [1.165, 1.54) is 19.3 Å². The second-order valence-corrected chi connectivity index (χ2v) is 6.67. The molecule has 2 heterocycles. The fraction of sp³-hybridized carbons (Fsp3) is 0.875. The van der Waals surface area contributed by atoms with Gasteiger partial charge >= 0.3 is 0 Å². The van der Waals surface area contributed by atoms with E-state index in [0.29, 0.717) is 12.5 Å². The first-order valence-electron chi connectivity index (χ1n) is 8.53. The van der Waals surface area contributed by atoms with E-state index >= 15 is 0 Å². The van der Waals surface area contributed by atoms with Crippen LogP contribution in [-0.4, -0.2) is 72.3 Å². The first kappa shape index (κ1) is 14.8. The van der Waals surface area contributed by atoms with Gasteiger partial charge in [0.25, 0.3) is 0 Å². The largest absolute Gasteiger partial charge is 0.341 e. The van der Waals surface area contributed by atoms with Gasteiger partial charge < -0.3 is 9.80 Å². The fourth-order valence-electron chi connectivity index (χ4n) is 3.59. The summed E-state index contributed by atoms with van der Waals surface area (Å²) in [5.74, 6) is 0.893. The van der Waals surface area contributed by atoms with Crippen molar-refractivity contribution in [2.45, 2.75) is 38.5 Å². The zero-order valence-corrected chi connectivity index (χ0v) is 12.9. The molecule has 3 fully saturated rings. The number of rotatable bonds is 3. The summed E-state index contributed by atoms with van der Waals surface area (Å²) in [6.45, 7) is 5.67. The molecule has 0 radical (unpaired) electrons. The third-order valence-corrected chi connectivity index (χ3v) is 5.21. The van der Waals surface area contributed by atoms with E-state index in [2.05, 4.69) is 4.90 Å². The minimum absolute atomic E-state index is 0.258. The molecule has 0 aromatic carbocycles. The predicted octanol–water partition coefficient (Wildman–Crippen LogP) is 0.943. The third-order valence-electron chi connectivity index (χ3n) is 5.21. The van der Waals surface area contributed by atoms with Crippen LogP contribution in [0.25, 0.3) is 0 Å². The molecule has 3 aliphatic rings. The average molecular weight is 293 g/mol. The summed E-state index contributed by atoms with van der Waals surface area (Å²) in [6.07, 6.45) is 7.01. The molecule has 0 aromatic rings.